The largest absolute Gasteiger partial charge is 0.489 e. The van der Waals surface area contributed by atoms with E-state index in [1.54, 1.807) is 0 Å². The number of aromatic nitrogens is 2. The number of fused-ring (bicyclic) bond motifs is 1. The maximum Gasteiger partial charge on any atom is 0.330 e. The summed E-state index contributed by atoms with van der Waals surface area (Å²) < 4.78 is 20.9. The van der Waals surface area contributed by atoms with Crippen molar-refractivity contribution in [3.05, 3.63) is 62.7 Å². The van der Waals surface area contributed by atoms with Crippen LogP contribution in [0.4, 0.5) is 10.1 Å². The molecular weight excluding hydrogens is 329 g/mol. The van der Waals surface area contributed by atoms with Crippen molar-refractivity contribution in [2.24, 2.45) is 14.1 Å². The van der Waals surface area contributed by atoms with E-state index in [-0.39, 0.29) is 18.1 Å². The number of anilines is 1. The molecule has 2 aromatic rings. The fourth-order valence-corrected chi connectivity index (χ4v) is 2.62. The zero-order valence-electron chi connectivity index (χ0n) is 13.7. The monoisotopic (exact) mass is 345 g/mol. The normalized spacial score (nSPS) is 13.6. The number of hydrogen-bond donors (Lipinski definition) is 0. The van der Waals surface area contributed by atoms with Crippen molar-refractivity contribution in [1.82, 2.24) is 9.13 Å². The van der Waals surface area contributed by atoms with Gasteiger partial charge in [0, 0.05) is 32.4 Å². The van der Waals surface area contributed by atoms with Gasteiger partial charge in [0.1, 0.15) is 18.2 Å². The number of carbonyl (C=O) groups is 1. The maximum atomic E-state index is 13.3. The molecule has 0 saturated heterocycles. The van der Waals surface area contributed by atoms with Gasteiger partial charge in [-0.15, -0.1) is 0 Å². The third kappa shape index (κ3) is 3.10. The molecule has 0 N–H and O–H groups in total. The number of nitrogens with zero attached hydrogens (tertiary/aromatic N) is 3. The summed E-state index contributed by atoms with van der Waals surface area (Å²) in [6.45, 7) is 0.560. The minimum Gasteiger partial charge on any atom is -0.489 e. The summed E-state index contributed by atoms with van der Waals surface area (Å²) in [4.78, 5) is 37.7. The number of carbonyl (C=O) groups excluding carboxylic acids is 1. The minimum absolute atomic E-state index is 0.213. The first kappa shape index (κ1) is 16.7. The summed E-state index contributed by atoms with van der Waals surface area (Å²) in [7, 11) is 2.89. The zero-order valence-corrected chi connectivity index (χ0v) is 13.7. The van der Waals surface area contributed by atoms with Gasteiger partial charge in [0.25, 0.3) is 11.5 Å². The van der Waals surface area contributed by atoms with E-state index in [1.807, 2.05) is 0 Å². The fraction of sp³-hybridized carbons (Fsp3) is 0.235. The average Bonchev–Trinajstić information content (AvgIpc) is 2.60. The van der Waals surface area contributed by atoms with Gasteiger partial charge in [-0.05, 0) is 18.2 Å². The highest BCUT2D eigenvalue weighted by molar-refractivity contribution is 6.04. The molecule has 1 aromatic heterocycles. The molecule has 0 atom stereocenters. The highest BCUT2D eigenvalue weighted by Crippen LogP contribution is 2.32. The number of halogens is 1. The summed E-state index contributed by atoms with van der Waals surface area (Å²) >= 11 is 0. The summed E-state index contributed by atoms with van der Waals surface area (Å²) in [6.07, 6.45) is 3.99. The molecule has 25 heavy (non-hydrogen) atoms. The molecule has 1 aliphatic heterocycles. The van der Waals surface area contributed by atoms with E-state index in [9.17, 15) is 18.8 Å². The van der Waals surface area contributed by atoms with Crippen LogP contribution in [-0.2, 0) is 18.9 Å². The lowest BCUT2D eigenvalue weighted by atomic mass is 10.2. The second-order valence-corrected chi connectivity index (χ2v) is 5.63. The number of ether oxygens (including phenoxy) is 1. The van der Waals surface area contributed by atoms with E-state index < -0.39 is 17.1 Å². The third-order valence-electron chi connectivity index (χ3n) is 3.93. The standard InChI is InChI=1S/C17H16FN3O4/c1-19-10-11(16(23)20(2)17(19)24)3-6-15(22)21-7-8-25-14-9-12(18)4-5-13(14)21/h3-6,9-10H,7-8H2,1-2H3/b6-3+. The highest BCUT2D eigenvalue weighted by atomic mass is 19.1. The molecule has 0 saturated carbocycles. The smallest absolute Gasteiger partial charge is 0.330 e. The number of benzene rings is 1. The van der Waals surface area contributed by atoms with Crippen LogP contribution < -0.4 is 20.9 Å². The molecule has 1 amide bonds. The van der Waals surface area contributed by atoms with Crippen LogP contribution in [-0.4, -0.2) is 28.2 Å². The van der Waals surface area contributed by atoms with E-state index in [2.05, 4.69) is 0 Å². The molecule has 8 heteroatoms. The van der Waals surface area contributed by atoms with Crippen molar-refractivity contribution in [2.75, 3.05) is 18.1 Å². The van der Waals surface area contributed by atoms with E-state index >= 15 is 0 Å². The Morgan fingerprint density at radius 1 is 1.28 bits per heavy atom. The Morgan fingerprint density at radius 2 is 2.04 bits per heavy atom. The van der Waals surface area contributed by atoms with Crippen LogP contribution in [0.3, 0.4) is 0 Å². The predicted molar refractivity (Wildman–Crippen MR) is 90.2 cm³/mol. The molecule has 1 aromatic carbocycles. The second kappa shape index (κ2) is 6.39. The van der Waals surface area contributed by atoms with Crippen molar-refractivity contribution in [3.8, 4) is 5.75 Å². The Labute approximate surface area is 142 Å². The van der Waals surface area contributed by atoms with Crippen LogP contribution in [0.2, 0.25) is 0 Å². The highest BCUT2D eigenvalue weighted by Gasteiger charge is 2.22. The molecular formula is C17H16FN3O4. The zero-order chi connectivity index (χ0) is 18.1. The van der Waals surface area contributed by atoms with E-state index in [4.69, 9.17) is 4.74 Å². The summed E-state index contributed by atoms with van der Waals surface area (Å²) in [5.74, 6) is -0.518. The first-order chi connectivity index (χ1) is 11.9. The van der Waals surface area contributed by atoms with Crippen molar-refractivity contribution < 1.29 is 13.9 Å². The number of hydrogen-bond acceptors (Lipinski definition) is 4. The topological polar surface area (TPSA) is 73.5 Å². The van der Waals surface area contributed by atoms with Crippen molar-refractivity contribution in [3.63, 3.8) is 0 Å². The van der Waals surface area contributed by atoms with E-state index in [0.29, 0.717) is 18.0 Å². The van der Waals surface area contributed by atoms with Crippen molar-refractivity contribution in [2.45, 2.75) is 0 Å². The summed E-state index contributed by atoms with van der Waals surface area (Å²) in [5, 5.41) is 0. The maximum absolute atomic E-state index is 13.3. The lowest BCUT2D eigenvalue weighted by Gasteiger charge is -2.28. The Balaban J connectivity index is 1.91. The van der Waals surface area contributed by atoms with Crippen LogP contribution >= 0.6 is 0 Å². The van der Waals surface area contributed by atoms with Gasteiger partial charge in [0.2, 0.25) is 0 Å². The number of aryl methyl sites for hydroxylation is 1. The lowest BCUT2D eigenvalue weighted by Crippen LogP contribution is -2.38. The summed E-state index contributed by atoms with van der Waals surface area (Å²) in [5.41, 5.74) is -0.254. The molecule has 0 bridgehead atoms. The van der Waals surface area contributed by atoms with Gasteiger partial charge in [-0.2, -0.15) is 0 Å². The molecule has 0 aliphatic carbocycles. The molecule has 0 fully saturated rings. The minimum atomic E-state index is -0.489. The van der Waals surface area contributed by atoms with Crippen LogP contribution in [0.1, 0.15) is 5.56 Å². The van der Waals surface area contributed by atoms with Gasteiger partial charge in [-0.1, -0.05) is 0 Å². The second-order valence-electron chi connectivity index (χ2n) is 5.63. The molecule has 1 aliphatic rings. The van der Waals surface area contributed by atoms with Gasteiger partial charge in [0.15, 0.2) is 0 Å². The van der Waals surface area contributed by atoms with Crippen LogP contribution in [0.25, 0.3) is 6.08 Å². The first-order valence-electron chi connectivity index (χ1n) is 7.57. The van der Waals surface area contributed by atoms with Crippen molar-refractivity contribution >= 4 is 17.7 Å². The Kier molecular flexibility index (Phi) is 4.26. The molecule has 7 nitrogen and oxygen atoms in total. The Hall–Kier alpha value is -3.16. The summed E-state index contributed by atoms with van der Waals surface area (Å²) in [6, 6.07) is 3.95. The first-order valence-corrected chi connectivity index (χ1v) is 7.57. The van der Waals surface area contributed by atoms with Gasteiger partial charge in [-0.3, -0.25) is 14.2 Å². The Bertz CT molecular complexity index is 990. The molecule has 0 radical (unpaired) electrons. The van der Waals surface area contributed by atoms with Gasteiger partial charge in [0.05, 0.1) is 17.8 Å². The number of amides is 1. The van der Waals surface area contributed by atoms with Gasteiger partial charge in [-0.25, -0.2) is 9.18 Å². The number of rotatable bonds is 2. The van der Waals surface area contributed by atoms with Crippen LogP contribution in [0.5, 0.6) is 5.75 Å². The fourth-order valence-electron chi connectivity index (χ4n) is 2.62. The lowest BCUT2D eigenvalue weighted by molar-refractivity contribution is -0.114. The quantitative estimate of drug-likeness (QED) is 0.750. The SMILES string of the molecule is Cn1cc(/C=C/C(=O)N2CCOc3cc(F)ccc32)c(=O)n(C)c1=O. The third-order valence-corrected chi connectivity index (χ3v) is 3.93. The molecule has 130 valence electrons. The average molecular weight is 345 g/mol. The van der Waals surface area contributed by atoms with Crippen LogP contribution in [0, 0.1) is 5.82 Å². The van der Waals surface area contributed by atoms with Gasteiger partial charge < -0.3 is 14.2 Å². The van der Waals surface area contributed by atoms with Crippen molar-refractivity contribution in [1.29, 1.82) is 0 Å². The molecule has 3 rings (SSSR count). The molecule has 2 heterocycles. The van der Waals surface area contributed by atoms with Crippen LogP contribution in [0.15, 0.2) is 40.1 Å². The van der Waals surface area contributed by atoms with E-state index in [0.717, 1.165) is 4.57 Å². The molecule has 0 unspecified atom stereocenters. The van der Waals surface area contributed by atoms with E-state index in [1.165, 1.54) is 60.1 Å². The van der Waals surface area contributed by atoms with Gasteiger partial charge >= 0.3 is 5.69 Å². The predicted octanol–water partition coefficient (Wildman–Crippen LogP) is 0.662. The molecule has 0 spiro atoms. The Morgan fingerprint density at radius 3 is 2.80 bits per heavy atom.